The minimum absolute atomic E-state index is 0.0267. The van der Waals surface area contributed by atoms with Gasteiger partial charge >= 0.3 is 0 Å². The van der Waals surface area contributed by atoms with Gasteiger partial charge in [0.25, 0.3) is 0 Å². The zero-order valence-corrected chi connectivity index (χ0v) is 15.4. The second kappa shape index (κ2) is 7.62. The highest BCUT2D eigenvalue weighted by Crippen LogP contribution is 2.38. The second-order valence-corrected chi connectivity index (χ2v) is 7.58. The number of carbonyl (C=O) groups is 1. The van der Waals surface area contributed by atoms with E-state index < -0.39 is 0 Å². The molecule has 5 nitrogen and oxygen atoms in total. The smallest absolute Gasteiger partial charge is 0.246 e. The summed E-state index contributed by atoms with van der Waals surface area (Å²) in [5.74, 6) is 2.46. The number of benzene rings is 1. The SMILES string of the molecule is O=C(C=Cc1ccccc1Cl)N1CCCC(Cc2nc(C3CC3)no2)C1. The van der Waals surface area contributed by atoms with Crippen LogP contribution in [0.3, 0.4) is 0 Å². The van der Waals surface area contributed by atoms with Crippen LogP contribution in [0.15, 0.2) is 34.9 Å². The fourth-order valence-electron chi connectivity index (χ4n) is 3.41. The predicted octanol–water partition coefficient (Wildman–Crippen LogP) is 4.09. The maximum Gasteiger partial charge on any atom is 0.246 e. The first-order valence-corrected chi connectivity index (χ1v) is 9.61. The number of hydrogen-bond donors (Lipinski definition) is 0. The molecule has 2 aliphatic rings. The Morgan fingerprint density at radius 2 is 2.15 bits per heavy atom. The Balaban J connectivity index is 1.35. The third-order valence-electron chi connectivity index (χ3n) is 5.03. The summed E-state index contributed by atoms with van der Waals surface area (Å²) in [5.41, 5.74) is 0.856. The topological polar surface area (TPSA) is 59.2 Å². The van der Waals surface area contributed by atoms with Crippen LogP contribution in [-0.2, 0) is 11.2 Å². The van der Waals surface area contributed by atoms with Crippen molar-refractivity contribution in [2.24, 2.45) is 5.92 Å². The number of piperidine rings is 1. The molecule has 0 bridgehead atoms. The summed E-state index contributed by atoms with van der Waals surface area (Å²) in [5, 5.41) is 4.73. The Labute approximate surface area is 158 Å². The van der Waals surface area contributed by atoms with Crippen LogP contribution in [0, 0.1) is 5.92 Å². The van der Waals surface area contributed by atoms with Gasteiger partial charge in [0.05, 0.1) is 0 Å². The lowest BCUT2D eigenvalue weighted by atomic mass is 9.94. The summed E-state index contributed by atoms with van der Waals surface area (Å²) in [6.45, 7) is 1.52. The highest BCUT2D eigenvalue weighted by Gasteiger charge is 2.30. The van der Waals surface area contributed by atoms with Gasteiger partial charge in [-0.15, -0.1) is 0 Å². The first-order chi connectivity index (χ1) is 12.7. The molecule has 1 amide bonds. The van der Waals surface area contributed by atoms with Crippen LogP contribution in [0.4, 0.5) is 0 Å². The molecule has 0 N–H and O–H groups in total. The van der Waals surface area contributed by atoms with Crippen molar-refractivity contribution in [3.8, 4) is 0 Å². The van der Waals surface area contributed by atoms with E-state index in [-0.39, 0.29) is 5.91 Å². The Morgan fingerprint density at radius 1 is 1.31 bits per heavy atom. The van der Waals surface area contributed by atoms with E-state index >= 15 is 0 Å². The van der Waals surface area contributed by atoms with Gasteiger partial charge in [0, 0.05) is 36.5 Å². The first kappa shape index (κ1) is 17.3. The molecule has 1 aliphatic heterocycles. The summed E-state index contributed by atoms with van der Waals surface area (Å²) < 4.78 is 5.39. The molecule has 26 heavy (non-hydrogen) atoms. The molecule has 6 heteroatoms. The third-order valence-corrected chi connectivity index (χ3v) is 5.38. The standard InChI is InChI=1S/C20H22ClN3O2/c21-17-6-2-1-5-15(17)9-10-19(25)24-11-3-4-14(13-24)12-18-22-20(23-26-18)16-7-8-16/h1-2,5-6,9-10,14,16H,3-4,7-8,11-13H2. The molecule has 2 heterocycles. The molecule has 1 aliphatic carbocycles. The van der Waals surface area contributed by atoms with Crippen molar-refractivity contribution < 1.29 is 9.32 Å². The Kier molecular flexibility index (Phi) is 5.07. The lowest BCUT2D eigenvalue weighted by Crippen LogP contribution is -2.39. The predicted molar refractivity (Wildman–Crippen MR) is 99.8 cm³/mol. The maximum absolute atomic E-state index is 12.5. The van der Waals surface area contributed by atoms with Crippen LogP contribution in [0.1, 0.15) is 48.9 Å². The van der Waals surface area contributed by atoms with Crippen LogP contribution in [0.2, 0.25) is 5.02 Å². The summed E-state index contributed by atoms with van der Waals surface area (Å²) >= 11 is 6.14. The summed E-state index contributed by atoms with van der Waals surface area (Å²) in [4.78, 5) is 18.9. The molecule has 1 atom stereocenters. The number of aromatic nitrogens is 2. The Morgan fingerprint density at radius 3 is 2.96 bits per heavy atom. The summed E-state index contributed by atoms with van der Waals surface area (Å²) in [6, 6.07) is 7.51. The minimum atomic E-state index is 0.0267. The minimum Gasteiger partial charge on any atom is -0.339 e. The summed E-state index contributed by atoms with van der Waals surface area (Å²) in [7, 11) is 0. The molecule has 2 aromatic rings. The van der Waals surface area contributed by atoms with Gasteiger partial charge in [-0.25, -0.2) is 0 Å². The zero-order valence-electron chi connectivity index (χ0n) is 14.6. The molecule has 2 fully saturated rings. The van der Waals surface area contributed by atoms with Crippen LogP contribution in [-0.4, -0.2) is 34.0 Å². The molecular formula is C20H22ClN3O2. The fraction of sp³-hybridized carbons (Fsp3) is 0.450. The van der Waals surface area contributed by atoms with E-state index in [1.165, 1.54) is 12.8 Å². The summed E-state index contributed by atoms with van der Waals surface area (Å²) in [6.07, 6.45) is 8.57. The largest absolute Gasteiger partial charge is 0.339 e. The Bertz CT molecular complexity index is 813. The normalized spacial score (nSPS) is 20.7. The molecule has 1 aromatic heterocycles. The molecule has 0 radical (unpaired) electrons. The van der Waals surface area contributed by atoms with Crippen LogP contribution < -0.4 is 0 Å². The lowest BCUT2D eigenvalue weighted by Gasteiger charge is -2.31. The molecule has 1 unspecified atom stereocenters. The van der Waals surface area contributed by atoms with Crippen LogP contribution >= 0.6 is 11.6 Å². The van der Waals surface area contributed by atoms with Gasteiger partial charge in [0.15, 0.2) is 5.82 Å². The van der Waals surface area contributed by atoms with E-state index in [0.29, 0.717) is 22.7 Å². The lowest BCUT2D eigenvalue weighted by molar-refractivity contribution is -0.127. The van der Waals surface area contributed by atoms with Crippen molar-refractivity contribution in [2.75, 3.05) is 13.1 Å². The average Bonchev–Trinajstić information content (AvgIpc) is 3.41. The van der Waals surface area contributed by atoms with Gasteiger partial charge in [0.1, 0.15) is 0 Å². The average molecular weight is 372 g/mol. The van der Waals surface area contributed by atoms with Gasteiger partial charge in [0.2, 0.25) is 11.8 Å². The zero-order chi connectivity index (χ0) is 17.9. The molecular weight excluding hydrogens is 350 g/mol. The van der Waals surface area contributed by atoms with Crippen LogP contribution in [0.5, 0.6) is 0 Å². The number of nitrogens with zero attached hydrogens (tertiary/aromatic N) is 3. The molecule has 1 saturated heterocycles. The van der Waals surface area contributed by atoms with Gasteiger partial charge in [-0.2, -0.15) is 4.98 Å². The van der Waals surface area contributed by atoms with E-state index in [1.807, 2.05) is 29.2 Å². The molecule has 1 aromatic carbocycles. The number of carbonyl (C=O) groups excluding carboxylic acids is 1. The van der Waals surface area contributed by atoms with E-state index in [9.17, 15) is 4.79 Å². The van der Waals surface area contributed by atoms with E-state index in [0.717, 1.165) is 43.7 Å². The highest BCUT2D eigenvalue weighted by atomic mass is 35.5. The van der Waals surface area contributed by atoms with Gasteiger partial charge < -0.3 is 9.42 Å². The van der Waals surface area contributed by atoms with Crippen molar-refractivity contribution in [1.29, 1.82) is 0 Å². The maximum atomic E-state index is 12.5. The van der Waals surface area contributed by atoms with Crippen molar-refractivity contribution in [3.63, 3.8) is 0 Å². The number of halogens is 1. The number of amides is 1. The van der Waals surface area contributed by atoms with Crippen molar-refractivity contribution in [1.82, 2.24) is 15.0 Å². The van der Waals surface area contributed by atoms with Gasteiger partial charge in [-0.3, -0.25) is 4.79 Å². The molecule has 4 rings (SSSR count). The third kappa shape index (κ3) is 4.15. The monoisotopic (exact) mass is 371 g/mol. The number of hydrogen-bond acceptors (Lipinski definition) is 4. The molecule has 0 spiro atoms. The number of rotatable bonds is 5. The Hall–Kier alpha value is -2.14. The van der Waals surface area contributed by atoms with Crippen molar-refractivity contribution >= 4 is 23.6 Å². The van der Waals surface area contributed by atoms with E-state index in [2.05, 4.69) is 10.1 Å². The van der Waals surface area contributed by atoms with Crippen molar-refractivity contribution in [3.05, 3.63) is 52.6 Å². The molecule has 1 saturated carbocycles. The number of likely N-dealkylation sites (tertiary alicyclic amines) is 1. The van der Waals surface area contributed by atoms with Crippen molar-refractivity contribution in [2.45, 2.75) is 38.0 Å². The fourth-order valence-corrected chi connectivity index (χ4v) is 3.61. The quantitative estimate of drug-likeness (QED) is 0.742. The first-order valence-electron chi connectivity index (χ1n) is 9.23. The van der Waals surface area contributed by atoms with E-state index in [4.69, 9.17) is 16.1 Å². The van der Waals surface area contributed by atoms with Crippen LogP contribution in [0.25, 0.3) is 6.08 Å². The van der Waals surface area contributed by atoms with Gasteiger partial charge in [-0.1, -0.05) is 35.0 Å². The van der Waals surface area contributed by atoms with E-state index in [1.54, 1.807) is 12.2 Å². The molecule has 136 valence electrons. The highest BCUT2D eigenvalue weighted by molar-refractivity contribution is 6.32. The van der Waals surface area contributed by atoms with Gasteiger partial charge in [-0.05, 0) is 49.3 Å². The second-order valence-electron chi connectivity index (χ2n) is 7.17.